The number of nitrogens with zero attached hydrogens (tertiary/aromatic N) is 6. The molecule has 23 nitrogen and oxygen atoms in total. The summed E-state index contributed by atoms with van der Waals surface area (Å²) in [6.07, 6.45) is 0. The van der Waals surface area contributed by atoms with Crippen LogP contribution >= 0.6 is 0 Å². The first-order valence-corrected chi connectivity index (χ1v) is 21.3. The fourth-order valence-electron chi connectivity index (χ4n) is 4.56. The number of azo groups is 3. The molecule has 1 amide bonds. The molecule has 57 heavy (non-hydrogen) atoms. The Bertz CT molecular complexity index is 2780. The molecule has 0 fully saturated rings. The van der Waals surface area contributed by atoms with E-state index in [1.165, 1.54) is 62.6 Å². The number of amides is 1. The Balaban J connectivity index is 1.73. The van der Waals surface area contributed by atoms with E-state index in [0.717, 1.165) is 12.1 Å². The van der Waals surface area contributed by atoms with E-state index in [1.807, 2.05) is 0 Å². The van der Waals surface area contributed by atoms with E-state index in [-0.39, 0.29) is 39.1 Å². The molecule has 0 bridgehead atoms. The molecule has 27 heteroatoms. The van der Waals surface area contributed by atoms with Crippen LogP contribution in [0.15, 0.2) is 106 Å². The number of nitrogen functional groups attached to an aromatic ring is 2. The molecular formula is C30H31N9O14S4. The first kappa shape index (κ1) is 43.9. The maximum absolute atomic E-state index is 12.5. The van der Waals surface area contributed by atoms with Gasteiger partial charge in [0.1, 0.15) is 44.0 Å². The first-order chi connectivity index (χ1) is 26.4. The van der Waals surface area contributed by atoms with Gasteiger partial charge in [0.15, 0.2) is 9.84 Å². The Morgan fingerprint density at radius 2 is 1.30 bits per heavy atom. The lowest BCUT2D eigenvalue weighted by Gasteiger charge is -2.12. The van der Waals surface area contributed by atoms with Crippen molar-refractivity contribution in [1.29, 1.82) is 0 Å². The minimum Gasteiger partial charge on any atom is -0.494 e. The van der Waals surface area contributed by atoms with Gasteiger partial charge in [-0.15, -0.1) is 25.6 Å². The molecule has 0 saturated heterocycles. The van der Waals surface area contributed by atoms with Crippen LogP contribution in [0, 0.1) is 6.92 Å². The number of anilines is 3. The number of nitrogens with two attached hydrogens (primary N) is 2. The average Bonchev–Trinajstić information content (AvgIpc) is 3.09. The van der Waals surface area contributed by atoms with E-state index >= 15 is 0 Å². The van der Waals surface area contributed by atoms with Gasteiger partial charge in [-0.2, -0.15) is 30.4 Å². The Kier molecular flexibility index (Phi) is 13.2. The van der Waals surface area contributed by atoms with Gasteiger partial charge in [0.25, 0.3) is 20.2 Å². The monoisotopic (exact) mass is 869 g/mol. The number of methoxy groups -OCH3 is 1. The first-order valence-electron chi connectivity index (χ1n) is 15.4. The number of carbonyl (C=O) groups is 1. The summed E-state index contributed by atoms with van der Waals surface area (Å²) in [6, 6.07) is 11.9. The molecule has 0 saturated carbocycles. The Morgan fingerprint density at radius 3 is 1.88 bits per heavy atom. The van der Waals surface area contributed by atoms with E-state index in [1.54, 1.807) is 6.92 Å². The largest absolute Gasteiger partial charge is 0.494 e. The van der Waals surface area contributed by atoms with Crippen molar-refractivity contribution in [3.8, 4) is 5.75 Å². The van der Waals surface area contributed by atoms with Crippen LogP contribution in [0.5, 0.6) is 5.75 Å². The predicted molar refractivity (Wildman–Crippen MR) is 202 cm³/mol. The lowest BCUT2D eigenvalue weighted by atomic mass is 10.2. The van der Waals surface area contributed by atoms with Crippen molar-refractivity contribution in [1.82, 2.24) is 0 Å². The maximum atomic E-state index is 12.5. The Labute approximate surface area is 324 Å². The summed E-state index contributed by atoms with van der Waals surface area (Å²) in [6.45, 7) is 1.91. The van der Waals surface area contributed by atoms with Crippen molar-refractivity contribution < 1.29 is 61.0 Å². The summed E-state index contributed by atoms with van der Waals surface area (Å²) >= 11 is 0. The Morgan fingerprint density at radius 1 is 0.702 bits per heavy atom. The third-order valence-electron chi connectivity index (χ3n) is 7.18. The van der Waals surface area contributed by atoms with Gasteiger partial charge in [0.2, 0.25) is 5.91 Å². The number of sulfone groups is 1. The van der Waals surface area contributed by atoms with Gasteiger partial charge in [-0.05, 0) is 61.0 Å². The van der Waals surface area contributed by atoms with Gasteiger partial charge in [0.05, 0.1) is 47.1 Å². The van der Waals surface area contributed by atoms with Crippen LogP contribution in [-0.2, 0) is 49.5 Å². The van der Waals surface area contributed by atoms with Gasteiger partial charge in [-0.1, -0.05) is 6.07 Å². The van der Waals surface area contributed by atoms with Gasteiger partial charge in [-0.3, -0.25) is 18.5 Å². The standard InChI is InChI=1S/C30H31N9O14S4/c1-16-4-9-20(26(12-16)55(43,44)45)35-39-30-28(31)24(15-27(29(30)32)56(46,47)48)38-37-23-13-21(33-17(2)40)22(14-25(23)52-3)36-34-18-5-7-19(8-6-18)54(41,42)11-10-53-57(49,50)51/h4-9,12-15H,10-11,31-32H2,1-3H3,(H,33,40)(H,43,44,45)(H,46,47,48)(H,49,50,51). The summed E-state index contributed by atoms with van der Waals surface area (Å²) < 4.78 is 132. The van der Waals surface area contributed by atoms with E-state index in [0.29, 0.717) is 5.56 Å². The number of benzene rings is 4. The van der Waals surface area contributed by atoms with Crippen LogP contribution < -0.4 is 21.5 Å². The number of nitrogens with one attached hydrogen (secondary N) is 1. The normalized spacial score (nSPS) is 12.8. The molecular weight excluding hydrogens is 839 g/mol. The van der Waals surface area contributed by atoms with Crippen molar-refractivity contribution >= 4 is 97.6 Å². The van der Waals surface area contributed by atoms with Crippen LogP contribution in [0.3, 0.4) is 0 Å². The molecule has 0 spiro atoms. The lowest BCUT2D eigenvalue weighted by molar-refractivity contribution is -0.114. The molecule has 0 radical (unpaired) electrons. The van der Waals surface area contributed by atoms with Crippen molar-refractivity contribution in [3.63, 3.8) is 0 Å². The highest BCUT2D eigenvalue weighted by molar-refractivity contribution is 7.91. The van der Waals surface area contributed by atoms with E-state index < -0.39 is 91.3 Å². The maximum Gasteiger partial charge on any atom is 0.397 e. The molecule has 0 unspecified atom stereocenters. The second kappa shape index (κ2) is 17.1. The SMILES string of the molecule is COc1cc(N=Nc2ccc(S(=O)(=O)CCOS(=O)(=O)O)cc2)c(NC(C)=O)cc1N=Nc1cc(S(=O)(=O)O)c(N)c(N=Nc2ccc(C)cc2S(=O)(=O)O)c1N. The van der Waals surface area contributed by atoms with Crippen LogP contribution in [0.2, 0.25) is 0 Å². The van der Waals surface area contributed by atoms with Gasteiger partial charge in [0, 0.05) is 13.0 Å². The van der Waals surface area contributed by atoms with Crippen molar-refractivity contribution in [2.24, 2.45) is 30.7 Å². The molecule has 4 aromatic carbocycles. The molecule has 0 aromatic heterocycles. The lowest BCUT2D eigenvalue weighted by Crippen LogP contribution is -2.15. The molecule has 0 heterocycles. The zero-order chi connectivity index (χ0) is 42.5. The number of ether oxygens (including phenoxy) is 1. The Hall–Kier alpha value is -5.81. The molecule has 4 rings (SSSR count). The molecule has 0 aliphatic carbocycles. The second-order valence-corrected chi connectivity index (χ2v) is 17.4. The second-order valence-electron chi connectivity index (χ2n) is 11.4. The zero-order valence-corrected chi connectivity index (χ0v) is 32.8. The molecule has 8 N–H and O–H groups in total. The fourth-order valence-corrected chi connectivity index (χ4v) is 7.39. The van der Waals surface area contributed by atoms with Crippen LogP contribution in [0.1, 0.15) is 12.5 Å². The minimum atomic E-state index is -5.06. The van der Waals surface area contributed by atoms with E-state index in [2.05, 4.69) is 40.2 Å². The van der Waals surface area contributed by atoms with Crippen molar-refractivity contribution in [2.75, 3.05) is 36.3 Å². The highest BCUT2D eigenvalue weighted by Gasteiger charge is 2.24. The fraction of sp³-hybridized carbons (Fsp3) is 0.167. The third kappa shape index (κ3) is 11.6. The summed E-state index contributed by atoms with van der Waals surface area (Å²) in [7, 11) is -17.5. The van der Waals surface area contributed by atoms with Crippen molar-refractivity contribution in [3.05, 3.63) is 66.2 Å². The highest BCUT2D eigenvalue weighted by atomic mass is 32.3. The minimum absolute atomic E-state index is 0.00350. The number of aryl methyl sites for hydroxylation is 1. The van der Waals surface area contributed by atoms with E-state index in [9.17, 15) is 47.6 Å². The summed E-state index contributed by atoms with van der Waals surface area (Å²) in [5.74, 6) is -1.35. The van der Waals surface area contributed by atoms with Crippen LogP contribution in [-0.4, -0.2) is 72.7 Å². The highest BCUT2D eigenvalue weighted by Crippen LogP contribution is 2.45. The summed E-state index contributed by atoms with van der Waals surface area (Å²) in [4.78, 5) is 10.3. The van der Waals surface area contributed by atoms with Gasteiger partial charge < -0.3 is 21.5 Å². The number of hydrogen-bond acceptors (Lipinski definition) is 19. The number of rotatable bonds is 15. The predicted octanol–water partition coefficient (Wildman–Crippen LogP) is 5.46. The van der Waals surface area contributed by atoms with Gasteiger partial charge in [-0.25, -0.2) is 12.6 Å². The topological polar surface area (TPSA) is 371 Å². The smallest absolute Gasteiger partial charge is 0.397 e. The molecule has 0 atom stereocenters. The van der Waals surface area contributed by atoms with Crippen LogP contribution in [0.25, 0.3) is 0 Å². The molecule has 0 aliphatic heterocycles. The third-order valence-corrected chi connectivity index (χ3v) is 11.1. The number of carbonyl (C=O) groups excluding carboxylic acids is 1. The van der Waals surface area contributed by atoms with Crippen molar-refractivity contribution in [2.45, 2.75) is 28.5 Å². The molecule has 304 valence electrons. The molecule has 4 aromatic rings. The van der Waals surface area contributed by atoms with Crippen LogP contribution in [0.4, 0.5) is 51.2 Å². The average molecular weight is 870 g/mol. The zero-order valence-electron chi connectivity index (χ0n) is 29.5. The summed E-state index contributed by atoms with van der Waals surface area (Å²) in [5, 5.41) is 26.3. The summed E-state index contributed by atoms with van der Waals surface area (Å²) in [5.41, 5.74) is 10.1. The quantitative estimate of drug-likeness (QED) is 0.0490. The van der Waals surface area contributed by atoms with E-state index in [4.69, 9.17) is 20.8 Å². The van der Waals surface area contributed by atoms with Gasteiger partial charge >= 0.3 is 10.4 Å². The number of hydrogen-bond donors (Lipinski definition) is 6. The molecule has 0 aliphatic rings.